The van der Waals surface area contributed by atoms with Gasteiger partial charge in [0.2, 0.25) is 0 Å². The molecule has 2 rings (SSSR count). The van der Waals surface area contributed by atoms with Crippen molar-refractivity contribution in [1.82, 2.24) is 5.32 Å². The van der Waals surface area contributed by atoms with E-state index in [4.69, 9.17) is 4.74 Å². The van der Waals surface area contributed by atoms with Crippen LogP contribution in [0.4, 0.5) is 0 Å². The molecular weight excluding hydrogens is 258 g/mol. The molecule has 0 aliphatic carbocycles. The van der Waals surface area contributed by atoms with Gasteiger partial charge in [0, 0.05) is 24.6 Å². The number of rotatable bonds is 6. The number of benzene rings is 1. The molecule has 2 atom stereocenters. The Bertz CT molecular complexity index is 437. The highest BCUT2D eigenvalue weighted by atomic mass is 16.5. The van der Waals surface area contributed by atoms with Crippen molar-refractivity contribution in [2.45, 2.75) is 65.5 Å². The predicted molar refractivity (Wildman–Crippen MR) is 89.8 cm³/mol. The van der Waals surface area contributed by atoms with Gasteiger partial charge in [-0.05, 0) is 36.8 Å². The van der Waals surface area contributed by atoms with Gasteiger partial charge in [-0.2, -0.15) is 0 Å². The van der Waals surface area contributed by atoms with Gasteiger partial charge in [0.15, 0.2) is 0 Å². The average Bonchev–Trinajstić information content (AvgIpc) is 2.79. The lowest BCUT2D eigenvalue weighted by atomic mass is 9.76. The molecule has 1 aromatic carbocycles. The second kappa shape index (κ2) is 6.93. The molecule has 1 aliphatic heterocycles. The summed E-state index contributed by atoms with van der Waals surface area (Å²) < 4.78 is 5.90. The van der Waals surface area contributed by atoms with Gasteiger partial charge >= 0.3 is 0 Å². The van der Waals surface area contributed by atoms with Crippen LogP contribution >= 0.6 is 0 Å². The molecule has 1 heterocycles. The fourth-order valence-corrected chi connectivity index (χ4v) is 3.18. The third kappa shape index (κ3) is 4.08. The van der Waals surface area contributed by atoms with Crippen LogP contribution in [0.15, 0.2) is 24.3 Å². The Hall–Kier alpha value is -0.860. The molecule has 2 heteroatoms. The Kier molecular flexibility index (Phi) is 5.45. The molecule has 2 nitrogen and oxygen atoms in total. The van der Waals surface area contributed by atoms with Crippen molar-refractivity contribution < 1.29 is 4.74 Å². The summed E-state index contributed by atoms with van der Waals surface area (Å²) in [6, 6.07) is 9.70. The summed E-state index contributed by atoms with van der Waals surface area (Å²) in [6.45, 7) is 13.1. The van der Waals surface area contributed by atoms with Gasteiger partial charge in [0.05, 0.1) is 6.10 Å². The first-order valence-corrected chi connectivity index (χ1v) is 8.37. The smallest absolute Gasteiger partial charge is 0.0619 e. The van der Waals surface area contributed by atoms with Crippen LogP contribution in [0.3, 0.4) is 0 Å². The second-order valence-corrected chi connectivity index (χ2v) is 7.23. The fraction of sp³-hybridized carbons (Fsp3) is 0.684. The third-order valence-electron chi connectivity index (χ3n) is 4.90. The molecule has 21 heavy (non-hydrogen) atoms. The molecular formula is C19H31NO. The van der Waals surface area contributed by atoms with Gasteiger partial charge in [0.1, 0.15) is 0 Å². The van der Waals surface area contributed by atoms with Gasteiger partial charge < -0.3 is 10.1 Å². The first-order valence-electron chi connectivity index (χ1n) is 8.37. The number of nitrogens with one attached hydrogen (secondary N) is 1. The maximum absolute atomic E-state index is 5.90. The molecule has 0 saturated carbocycles. The molecule has 0 radical (unpaired) electrons. The van der Waals surface area contributed by atoms with Crippen LogP contribution in [0.2, 0.25) is 0 Å². The SMILES string of the molecule is CC(C)NCC1(Cc2ccc(C(C)C)cc2)CCOC1C. The number of hydrogen-bond donors (Lipinski definition) is 1. The summed E-state index contributed by atoms with van der Waals surface area (Å²) in [7, 11) is 0. The van der Waals surface area contributed by atoms with Crippen molar-refractivity contribution in [3.8, 4) is 0 Å². The summed E-state index contributed by atoms with van der Waals surface area (Å²) >= 11 is 0. The van der Waals surface area contributed by atoms with Crippen LogP contribution in [0, 0.1) is 5.41 Å². The maximum Gasteiger partial charge on any atom is 0.0619 e. The monoisotopic (exact) mass is 289 g/mol. The lowest BCUT2D eigenvalue weighted by Crippen LogP contribution is -2.43. The Balaban J connectivity index is 2.11. The van der Waals surface area contributed by atoms with Crippen molar-refractivity contribution in [2.75, 3.05) is 13.2 Å². The van der Waals surface area contributed by atoms with E-state index in [1.54, 1.807) is 0 Å². The average molecular weight is 289 g/mol. The van der Waals surface area contributed by atoms with E-state index in [-0.39, 0.29) is 5.41 Å². The van der Waals surface area contributed by atoms with E-state index in [1.165, 1.54) is 11.1 Å². The van der Waals surface area contributed by atoms with E-state index < -0.39 is 0 Å². The zero-order valence-corrected chi connectivity index (χ0v) is 14.3. The Morgan fingerprint density at radius 1 is 1.19 bits per heavy atom. The van der Waals surface area contributed by atoms with Gasteiger partial charge in [-0.15, -0.1) is 0 Å². The zero-order valence-electron chi connectivity index (χ0n) is 14.3. The summed E-state index contributed by atoms with van der Waals surface area (Å²) in [5, 5.41) is 3.63. The predicted octanol–water partition coefficient (Wildman–Crippen LogP) is 4.15. The standard InChI is InChI=1S/C19H31NO/c1-14(2)18-8-6-17(7-9-18)12-19(13-20-15(3)4)10-11-21-16(19)5/h6-9,14-16,20H,10-13H2,1-5H3. The number of hydrogen-bond acceptors (Lipinski definition) is 2. The molecule has 1 aliphatic rings. The van der Waals surface area contributed by atoms with Gasteiger partial charge in [-0.1, -0.05) is 52.0 Å². The molecule has 0 bridgehead atoms. The lowest BCUT2D eigenvalue weighted by Gasteiger charge is -2.33. The number of ether oxygens (including phenoxy) is 1. The van der Waals surface area contributed by atoms with E-state index in [0.29, 0.717) is 18.1 Å². The minimum Gasteiger partial charge on any atom is -0.378 e. The quantitative estimate of drug-likeness (QED) is 0.849. The highest BCUT2D eigenvalue weighted by molar-refractivity contribution is 5.26. The summed E-state index contributed by atoms with van der Waals surface area (Å²) in [5.41, 5.74) is 3.09. The third-order valence-corrected chi connectivity index (χ3v) is 4.90. The maximum atomic E-state index is 5.90. The molecule has 1 fully saturated rings. The van der Waals surface area contributed by atoms with Gasteiger partial charge in [-0.25, -0.2) is 0 Å². The molecule has 1 saturated heterocycles. The van der Waals surface area contributed by atoms with E-state index >= 15 is 0 Å². The zero-order chi connectivity index (χ0) is 15.5. The second-order valence-electron chi connectivity index (χ2n) is 7.23. The van der Waals surface area contributed by atoms with Crippen molar-refractivity contribution in [1.29, 1.82) is 0 Å². The van der Waals surface area contributed by atoms with Gasteiger partial charge in [-0.3, -0.25) is 0 Å². The Morgan fingerprint density at radius 3 is 2.33 bits per heavy atom. The van der Waals surface area contributed by atoms with Gasteiger partial charge in [0.25, 0.3) is 0 Å². The minimum atomic E-state index is 0.240. The fourth-order valence-electron chi connectivity index (χ4n) is 3.18. The molecule has 0 amide bonds. The Labute approximate surface area is 130 Å². The highest BCUT2D eigenvalue weighted by Crippen LogP contribution is 2.38. The molecule has 1 aromatic rings. The van der Waals surface area contributed by atoms with E-state index in [0.717, 1.165) is 26.0 Å². The minimum absolute atomic E-state index is 0.240. The van der Waals surface area contributed by atoms with E-state index in [1.807, 2.05) is 0 Å². The van der Waals surface area contributed by atoms with Crippen LogP contribution in [0.1, 0.15) is 58.1 Å². The van der Waals surface area contributed by atoms with Crippen LogP contribution < -0.4 is 5.32 Å². The lowest BCUT2D eigenvalue weighted by molar-refractivity contribution is 0.0621. The van der Waals surface area contributed by atoms with Crippen LogP contribution in [0.25, 0.3) is 0 Å². The van der Waals surface area contributed by atoms with Crippen molar-refractivity contribution >= 4 is 0 Å². The first kappa shape index (κ1) is 16.5. The van der Waals surface area contributed by atoms with Crippen LogP contribution in [-0.2, 0) is 11.2 Å². The Morgan fingerprint density at radius 2 is 1.86 bits per heavy atom. The summed E-state index contributed by atoms with van der Waals surface area (Å²) in [6.07, 6.45) is 2.58. The molecule has 0 spiro atoms. The topological polar surface area (TPSA) is 21.3 Å². The molecule has 0 aromatic heterocycles. The van der Waals surface area contributed by atoms with Crippen LogP contribution in [0.5, 0.6) is 0 Å². The normalized spacial score (nSPS) is 26.0. The first-order chi connectivity index (χ1) is 9.93. The van der Waals surface area contributed by atoms with E-state index in [9.17, 15) is 0 Å². The van der Waals surface area contributed by atoms with E-state index in [2.05, 4.69) is 64.2 Å². The molecule has 1 N–H and O–H groups in total. The summed E-state index contributed by atoms with van der Waals surface area (Å²) in [5.74, 6) is 0.601. The van der Waals surface area contributed by atoms with Crippen molar-refractivity contribution in [3.05, 3.63) is 35.4 Å². The molecule has 2 unspecified atom stereocenters. The van der Waals surface area contributed by atoms with Crippen molar-refractivity contribution in [3.63, 3.8) is 0 Å². The highest BCUT2D eigenvalue weighted by Gasteiger charge is 2.41. The van der Waals surface area contributed by atoms with Crippen LogP contribution in [-0.4, -0.2) is 25.3 Å². The summed E-state index contributed by atoms with van der Waals surface area (Å²) in [4.78, 5) is 0. The molecule has 118 valence electrons. The van der Waals surface area contributed by atoms with Crippen molar-refractivity contribution in [2.24, 2.45) is 5.41 Å². The largest absolute Gasteiger partial charge is 0.378 e.